The smallest absolute Gasteiger partial charge is 0.322 e. The van der Waals surface area contributed by atoms with Crippen LogP contribution < -0.4 is 9.64 Å². The lowest BCUT2D eigenvalue weighted by atomic mass is 10.2. The third-order valence-corrected chi connectivity index (χ3v) is 2.27. The molecule has 0 unspecified atom stereocenters. The van der Waals surface area contributed by atoms with Crippen molar-refractivity contribution < 1.29 is 4.74 Å². The molecule has 6 heteroatoms. The summed E-state index contributed by atoms with van der Waals surface area (Å²) in [6, 6.07) is 0.282. The molecule has 0 bridgehead atoms. The van der Waals surface area contributed by atoms with E-state index < -0.39 is 0 Å². The summed E-state index contributed by atoms with van der Waals surface area (Å²) in [6.45, 7) is 10.4. The van der Waals surface area contributed by atoms with Crippen molar-refractivity contribution in [2.45, 2.75) is 27.7 Å². The fraction of sp³-hybridized carbons (Fsp3) is 0.727. The number of rotatable bonds is 6. The Hall–Kier alpha value is -1.10. The molecule has 0 spiro atoms. The summed E-state index contributed by atoms with van der Waals surface area (Å²) in [5, 5.41) is 0.167. The van der Waals surface area contributed by atoms with Crippen molar-refractivity contribution in [1.29, 1.82) is 0 Å². The molecule has 1 heterocycles. The van der Waals surface area contributed by atoms with Gasteiger partial charge in [-0.3, -0.25) is 0 Å². The van der Waals surface area contributed by atoms with Crippen LogP contribution in [-0.2, 0) is 0 Å². The average molecular weight is 259 g/mol. The molecule has 17 heavy (non-hydrogen) atoms. The van der Waals surface area contributed by atoms with E-state index in [1.54, 1.807) is 0 Å². The molecule has 0 aliphatic heterocycles. The zero-order valence-electron chi connectivity index (χ0n) is 10.8. The number of ether oxygens (including phenoxy) is 1. The zero-order valence-corrected chi connectivity index (χ0v) is 11.5. The first-order valence-corrected chi connectivity index (χ1v) is 6.23. The van der Waals surface area contributed by atoms with Crippen LogP contribution in [0.2, 0.25) is 5.28 Å². The quantitative estimate of drug-likeness (QED) is 0.784. The SMILES string of the molecule is CCOc1nc(Cl)nc(N(CC)CC(C)C)n1. The highest BCUT2D eigenvalue weighted by Gasteiger charge is 2.13. The third-order valence-electron chi connectivity index (χ3n) is 2.10. The number of hydrogen-bond donors (Lipinski definition) is 0. The Morgan fingerprint density at radius 1 is 1.24 bits per heavy atom. The van der Waals surface area contributed by atoms with Gasteiger partial charge in [0.25, 0.3) is 0 Å². The molecule has 0 saturated heterocycles. The second kappa shape index (κ2) is 6.59. The number of halogens is 1. The Morgan fingerprint density at radius 3 is 2.47 bits per heavy atom. The van der Waals surface area contributed by atoms with Gasteiger partial charge in [-0.15, -0.1) is 0 Å². The van der Waals surface area contributed by atoms with Crippen LogP contribution in [0.25, 0.3) is 0 Å². The van der Waals surface area contributed by atoms with Crippen LogP contribution in [0.5, 0.6) is 6.01 Å². The molecule has 1 aromatic heterocycles. The van der Waals surface area contributed by atoms with Crippen LogP contribution in [0.1, 0.15) is 27.7 Å². The number of aromatic nitrogens is 3. The summed E-state index contributed by atoms with van der Waals surface area (Å²) in [6.07, 6.45) is 0. The minimum absolute atomic E-state index is 0.167. The van der Waals surface area contributed by atoms with Gasteiger partial charge in [-0.25, -0.2) is 0 Å². The first kappa shape index (κ1) is 14.0. The third kappa shape index (κ3) is 4.34. The van der Waals surface area contributed by atoms with Gasteiger partial charge >= 0.3 is 6.01 Å². The lowest BCUT2D eigenvalue weighted by Gasteiger charge is -2.22. The van der Waals surface area contributed by atoms with Gasteiger partial charge in [0.1, 0.15) is 0 Å². The fourth-order valence-electron chi connectivity index (χ4n) is 1.45. The predicted octanol–water partition coefficient (Wildman–Crippen LogP) is 2.41. The Bertz CT molecular complexity index is 359. The highest BCUT2D eigenvalue weighted by atomic mass is 35.5. The highest BCUT2D eigenvalue weighted by Crippen LogP contribution is 2.16. The van der Waals surface area contributed by atoms with Gasteiger partial charge in [-0.2, -0.15) is 15.0 Å². The average Bonchev–Trinajstić information content (AvgIpc) is 2.25. The monoisotopic (exact) mass is 258 g/mol. The van der Waals surface area contributed by atoms with E-state index in [0.717, 1.165) is 13.1 Å². The minimum atomic E-state index is 0.167. The molecular formula is C11H19ClN4O. The summed E-state index contributed by atoms with van der Waals surface area (Å²) < 4.78 is 5.25. The van der Waals surface area contributed by atoms with Crippen LogP contribution >= 0.6 is 11.6 Å². The van der Waals surface area contributed by atoms with Crippen LogP contribution in [0.4, 0.5) is 5.95 Å². The molecule has 0 aromatic carbocycles. The van der Waals surface area contributed by atoms with Crippen molar-refractivity contribution >= 4 is 17.5 Å². The summed E-state index contributed by atoms with van der Waals surface area (Å²) in [5.74, 6) is 1.10. The first-order chi connectivity index (χ1) is 8.06. The molecule has 1 rings (SSSR count). The van der Waals surface area contributed by atoms with Crippen molar-refractivity contribution in [3.05, 3.63) is 5.28 Å². The van der Waals surface area contributed by atoms with E-state index in [1.807, 2.05) is 6.92 Å². The van der Waals surface area contributed by atoms with E-state index in [9.17, 15) is 0 Å². The Kier molecular flexibility index (Phi) is 5.41. The van der Waals surface area contributed by atoms with E-state index in [2.05, 4.69) is 40.6 Å². The second-order valence-corrected chi connectivity index (χ2v) is 4.39. The molecule has 0 atom stereocenters. The molecule has 0 fully saturated rings. The Morgan fingerprint density at radius 2 is 1.94 bits per heavy atom. The standard InChI is InChI=1S/C11H19ClN4O/c1-5-16(7-8(3)4)10-13-9(12)14-11(15-10)17-6-2/h8H,5-7H2,1-4H3. The molecule has 0 N–H and O–H groups in total. The molecular weight excluding hydrogens is 240 g/mol. The number of nitrogens with zero attached hydrogens (tertiary/aromatic N) is 4. The van der Waals surface area contributed by atoms with Gasteiger partial charge < -0.3 is 9.64 Å². The van der Waals surface area contributed by atoms with Crippen molar-refractivity contribution in [3.8, 4) is 6.01 Å². The van der Waals surface area contributed by atoms with Gasteiger partial charge in [0.05, 0.1) is 6.61 Å². The summed E-state index contributed by atoms with van der Waals surface area (Å²) in [5.41, 5.74) is 0. The van der Waals surface area contributed by atoms with E-state index in [1.165, 1.54) is 0 Å². The lowest BCUT2D eigenvalue weighted by Crippen LogP contribution is -2.29. The van der Waals surface area contributed by atoms with Crippen LogP contribution in [0.15, 0.2) is 0 Å². The summed E-state index contributed by atoms with van der Waals surface area (Å²) in [4.78, 5) is 14.3. The number of hydrogen-bond acceptors (Lipinski definition) is 5. The molecule has 96 valence electrons. The van der Waals surface area contributed by atoms with Crippen LogP contribution in [0.3, 0.4) is 0 Å². The normalized spacial score (nSPS) is 10.7. The van der Waals surface area contributed by atoms with E-state index in [4.69, 9.17) is 16.3 Å². The fourth-order valence-corrected chi connectivity index (χ4v) is 1.60. The van der Waals surface area contributed by atoms with Crippen LogP contribution in [0, 0.1) is 5.92 Å². The summed E-state index contributed by atoms with van der Waals surface area (Å²) >= 11 is 5.85. The van der Waals surface area contributed by atoms with Gasteiger partial charge in [0, 0.05) is 13.1 Å². The zero-order chi connectivity index (χ0) is 12.8. The molecule has 1 aromatic rings. The van der Waals surface area contributed by atoms with E-state index in [0.29, 0.717) is 18.5 Å². The minimum Gasteiger partial charge on any atom is -0.464 e. The maximum atomic E-state index is 5.85. The predicted molar refractivity (Wildman–Crippen MR) is 68.7 cm³/mol. The second-order valence-electron chi connectivity index (χ2n) is 4.05. The van der Waals surface area contributed by atoms with Gasteiger partial charge in [0.2, 0.25) is 11.2 Å². The van der Waals surface area contributed by atoms with Gasteiger partial charge in [-0.05, 0) is 31.4 Å². The molecule has 0 aliphatic rings. The first-order valence-electron chi connectivity index (χ1n) is 5.86. The Balaban J connectivity index is 2.93. The molecule has 5 nitrogen and oxygen atoms in total. The van der Waals surface area contributed by atoms with Gasteiger partial charge in [-0.1, -0.05) is 13.8 Å². The van der Waals surface area contributed by atoms with Crippen LogP contribution in [-0.4, -0.2) is 34.6 Å². The number of anilines is 1. The molecule has 0 aliphatic carbocycles. The van der Waals surface area contributed by atoms with Crippen molar-refractivity contribution in [3.63, 3.8) is 0 Å². The lowest BCUT2D eigenvalue weighted by molar-refractivity contribution is 0.311. The van der Waals surface area contributed by atoms with E-state index in [-0.39, 0.29) is 11.3 Å². The molecule has 0 amide bonds. The Labute approximate surface area is 107 Å². The van der Waals surface area contributed by atoms with E-state index >= 15 is 0 Å². The van der Waals surface area contributed by atoms with Crippen molar-refractivity contribution in [2.24, 2.45) is 5.92 Å². The van der Waals surface area contributed by atoms with Crippen molar-refractivity contribution in [2.75, 3.05) is 24.6 Å². The van der Waals surface area contributed by atoms with Gasteiger partial charge in [0.15, 0.2) is 0 Å². The summed E-state index contributed by atoms with van der Waals surface area (Å²) in [7, 11) is 0. The maximum absolute atomic E-state index is 5.85. The largest absolute Gasteiger partial charge is 0.464 e. The topological polar surface area (TPSA) is 51.1 Å². The molecule has 0 saturated carbocycles. The molecule has 0 radical (unpaired) electrons. The maximum Gasteiger partial charge on any atom is 0.322 e. The van der Waals surface area contributed by atoms with Crippen molar-refractivity contribution in [1.82, 2.24) is 15.0 Å². The highest BCUT2D eigenvalue weighted by molar-refractivity contribution is 6.28.